The first-order valence-electron chi connectivity index (χ1n) is 12.6. The summed E-state index contributed by atoms with van der Waals surface area (Å²) < 4.78 is 28.2. The van der Waals surface area contributed by atoms with Crippen LogP contribution in [0.15, 0.2) is 47.4 Å². The minimum absolute atomic E-state index is 0.0193. The number of aryl methyl sites for hydroxylation is 1. The van der Waals surface area contributed by atoms with E-state index < -0.39 is 10.0 Å². The van der Waals surface area contributed by atoms with Crippen molar-refractivity contribution in [2.24, 2.45) is 5.92 Å². The predicted octanol–water partition coefficient (Wildman–Crippen LogP) is 3.58. The standard InChI is InChI=1S/C27H33N3O4S/c1-18-16-22-17-23(10-11-26(22)30(18)19(2)31)35(33,34)29-14-12-21(13-15-29)27(32)28-25-9-5-7-20-6-3-4-8-24(20)25/h3-4,6,8,10-11,17-18,21,25H,5,7,9,12-16H2,1-2H3,(H,28,32)/t18-,25+/m1/s1. The molecule has 0 radical (unpaired) electrons. The van der Waals surface area contributed by atoms with Crippen LogP contribution >= 0.6 is 0 Å². The van der Waals surface area contributed by atoms with E-state index in [0.29, 0.717) is 32.4 Å². The van der Waals surface area contributed by atoms with Crippen LogP contribution in [0, 0.1) is 5.92 Å². The van der Waals surface area contributed by atoms with Crippen molar-refractivity contribution >= 4 is 27.5 Å². The molecule has 2 heterocycles. The molecule has 1 N–H and O–H groups in total. The van der Waals surface area contributed by atoms with E-state index in [-0.39, 0.29) is 34.7 Å². The van der Waals surface area contributed by atoms with Gasteiger partial charge in [0.25, 0.3) is 0 Å². The number of carbonyl (C=O) groups excluding carboxylic acids is 2. The Morgan fingerprint density at radius 1 is 1.00 bits per heavy atom. The van der Waals surface area contributed by atoms with E-state index in [2.05, 4.69) is 17.4 Å². The molecule has 8 heteroatoms. The van der Waals surface area contributed by atoms with Gasteiger partial charge in [-0.05, 0) is 80.3 Å². The van der Waals surface area contributed by atoms with E-state index in [1.165, 1.54) is 22.4 Å². The molecule has 186 valence electrons. The van der Waals surface area contributed by atoms with Crippen molar-refractivity contribution in [3.63, 3.8) is 0 Å². The van der Waals surface area contributed by atoms with Gasteiger partial charge >= 0.3 is 0 Å². The Balaban J connectivity index is 1.23. The average Bonchev–Trinajstić information content (AvgIpc) is 3.19. The molecule has 7 nitrogen and oxygen atoms in total. The van der Waals surface area contributed by atoms with Crippen molar-refractivity contribution in [3.05, 3.63) is 59.2 Å². The molecule has 1 aliphatic carbocycles. The maximum absolute atomic E-state index is 13.4. The van der Waals surface area contributed by atoms with Crippen molar-refractivity contribution in [2.75, 3.05) is 18.0 Å². The summed E-state index contributed by atoms with van der Waals surface area (Å²) in [7, 11) is -3.66. The van der Waals surface area contributed by atoms with E-state index in [4.69, 9.17) is 0 Å². The first-order valence-corrected chi connectivity index (χ1v) is 14.0. The fraction of sp³-hybridized carbons (Fsp3) is 0.481. The average molecular weight is 496 g/mol. The van der Waals surface area contributed by atoms with Gasteiger partial charge in [0.1, 0.15) is 0 Å². The molecule has 1 saturated heterocycles. The number of nitrogens with one attached hydrogen (secondary N) is 1. The molecule has 2 aromatic rings. The normalized spacial score (nSPS) is 23.0. The molecule has 3 aliphatic rings. The van der Waals surface area contributed by atoms with E-state index in [1.54, 1.807) is 23.1 Å². The fourth-order valence-corrected chi connectivity index (χ4v) is 7.47. The molecule has 35 heavy (non-hydrogen) atoms. The second-order valence-electron chi connectivity index (χ2n) is 10.1. The summed E-state index contributed by atoms with van der Waals surface area (Å²) in [5, 5.41) is 3.24. The highest BCUT2D eigenvalue weighted by molar-refractivity contribution is 7.89. The molecular weight excluding hydrogens is 462 g/mol. The molecule has 2 amide bonds. The van der Waals surface area contributed by atoms with Gasteiger partial charge in [0.15, 0.2) is 0 Å². The summed E-state index contributed by atoms with van der Waals surface area (Å²) in [6, 6.07) is 13.4. The second kappa shape index (κ2) is 9.39. The number of amides is 2. The maximum atomic E-state index is 13.4. The highest BCUT2D eigenvalue weighted by Gasteiger charge is 2.35. The van der Waals surface area contributed by atoms with Crippen molar-refractivity contribution in [1.82, 2.24) is 9.62 Å². The van der Waals surface area contributed by atoms with Gasteiger partial charge in [0.2, 0.25) is 21.8 Å². The van der Waals surface area contributed by atoms with Crippen LogP contribution in [0.4, 0.5) is 5.69 Å². The first-order chi connectivity index (χ1) is 16.8. The highest BCUT2D eigenvalue weighted by atomic mass is 32.2. The molecular formula is C27H33N3O4S. The molecule has 2 aromatic carbocycles. The van der Waals surface area contributed by atoms with Crippen molar-refractivity contribution < 1.29 is 18.0 Å². The second-order valence-corrected chi connectivity index (χ2v) is 12.0. The van der Waals surface area contributed by atoms with Gasteiger partial charge in [-0.15, -0.1) is 0 Å². The topological polar surface area (TPSA) is 86.8 Å². The van der Waals surface area contributed by atoms with Crippen LogP contribution < -0.4 is 10.2 Å². The SMILES string of the molecule is CC(=O)N1c2ccc(S(=O)(=O)N3CCC(C(=O)N[C@H]4CCCc5ccccc54)CC3)cc2C[C@H]1C. The zero-order chi connectivity index (χ0) is 24.7. The van der Waals surface area contributed by atoms with Crippen LogP contribution in [0.2, 0.25) is 0 Å². The highest BCUT2D eigenvalue weighted by Crippen LogP contribution is 2.35. The van der Waals surface area contributed by atoms with Gasteiger partial charge < -0.3 is 10.2 Å². The summed E-state index contributed by atoms with van der Waals surface area (Å²) in [6.45, 7) is 4.16. The largest absolute Gasteiger partial charge is 0.349 e. The summed E-state index contributed by atoms with van der Waals surface area (Å²) in [5.74, 6) is -0.191. The molecule has 0 bridgehead atoms. The summed E-state index contributed by atoms with van der Waals surface area (Å²) >= 11 is 0. The lowest BCUT2D eigenvalue weighted by Crippen LogP contribution is -2.44. The van der Waals surface area contributed by atoms with Crippen molar-refractivity contribution in [1.29, 1.82) is 0 Å². The van der Waals surface area contributed by atoms with Crippen LogP contribution in [0.5, 0.6) is 0 Å². The van der Waals surface area contributed by atoms with Gasteiger partial charge in [-0.2, -0.15) is 4.31 Å². The van der Waals surface area contributed by atoms with Crippen LogP contribution in [0.3, 0.4) is 0 Å². The van der Waals surface area contributed by atoms with Gasteiger partial charge in [-0.25, -0.2) is 8.42 Å². The van der Waals surface area contributed by atoms with E-state index in [1.807, 2.05) is 19.1 Å². The van der Waals surface area contributed by atoms with Gasteiger partial charge in [-0.1, -0.05) is 24.3 Å². The Morgan fingerprint density at radius 3 is 2.49 bits per heavy atom. The Morgan fingerprint density at radius 2 is 1.74 bits per heavy atom. The monoisotopic (exact) mass is 495 g/mol. The molecule has 0 unspecified atom stereocenters. The number of hydrogen-bond donors (Lipinski definition) is 1. The minimum atomic E-state index is -3.66. The van der Waals surface area contributed by atoms with Crippen LogP contribution in [0.25, 0.3) is 0 Å². The zero-order valence-electron chi connectivity index (χ0n) is 20.4. The minimum Gasteiger partial charge on any atom is -0.349 e. The number of rotatable bonds is 4. The van der Waals surface area contributed by atoms with Crippen LogP contribution in [-0.4, -0.2) is 43.7 Å². The molecule has 2 aliphatic heterocycles. The Kier molecular flexibility index (Phi) is 6.44. The number of nitrogens with zero attached hydrogens (tertiary/aromatic N) is 2. The summed E-state index contributed by atoms with van der Waals surface area (Å²) in [6.07, 6.45) is 4.72. The lowest BCUT2D eigenvalue weighted by atomic mass is 9.87. The van der Waals surface area contributed by atoms with E-state index >= 15 is 0 Å². The maximum Gasteiger partial charge on any atom is 0.243 e. The fourth-order valence-electron chi connectivity index (χ4n) is 5.95. The Hall–Kier alpha value is -2.71. The third-order valence-corrected chi connectivity index (χ3v) is 9.65. The number of anilines is 1. The predicted molar refractivity (Wildman–Crippen MR) is 135 cm³/mol. The van der Waals surface area contributed by atoms with Crippen molar-refractivity contribution in [2.45, 2.75) is 69.4 Å². The number of benzene rings is 2. The number of hydrogen-bond acceptors (Lipinski definition) is 4. The first kappa shape index (κ1) is 24.0. The molecule has 1 fully saturated rings. The van der Waals surface area contributed by atoms with Crippen LogP contribution in [-0.2, 0) is 32.5 Å². The lowest BCUT2D eigenvalue weighted by molar-refractivity contribution is -0.127. The number of fused-ring (bicyclic) bond motifs is 2. The summed E-state index contributed by atoms with van der Waals surface area (Å²) in [5.41, 5.74) is 4.20. The van der Waals surface area contributed by atoms with Crippen molar-refractivity contribution in [3.8, 4) is 0 Å². The molecule has 0 spiro atoms. The van der Waals surface area contributed by atoms with Crippen LogP contribution in [0.1, 0.15) is 62.3 Å². The summed E-state index contributed by atoms with van der Waals surface area (Å²) in [4.78, 5) is 27.0. The Labute approximate surface area is 207 Å². The van der Waals surface area contributed by atoms with E-state index in [0.717, 1.165) is 30.5 Å². The molecule has 0 saturated carbocycles. The number of carbonyl (C=O) groups is 2. The number of piperidine rings is 1. The molecule has 0 aromatic heterocycles. The molecule has 2 atom stereocenters. The Bertz CT molecular complexity index is 1250. The van der Waals surface area contributed by atoms with E-state index in [9.17, 15) is 18.0 Å². The number of sulfonamides is 1. The third kappa shape index (κ3) is 4.49. The lowest BCUT2D eigenvalue weighted by Gasteiger charge is -2.33. The quantitative estimate of drug-likeness (QED) is 0.703. The molecule has 5 rings (SSSR count). The van der Waals surface area contributed by atoms with Gasteiger partial charge in [-0.3, -0.25) is 9.59 Å². The third-order valence-electron chi connectivity index (χ3n) is 7.75. The zero-order valence-corrected chi connectivity index (χ0v) is 21.2. The van der Waals surface area contributed by atoms with Gasteiger partial charge in [0.05, 0.1) is 10.9 Å². The smallest absolute Gasteiger partial charge is 0.243 e. The van der Waals surface area contributed by atoms with Gasteiger partial charge in [0, 0.05) is 37.7 Å².